The second-order valence-corrected chi connectivity index (χ2v) is 6.76. The van der Waals surface area contributed by atoms with Gasteiger partial charge in [-0.15, -0.1) is 0 Å². The van der Waals surface area contributed by atoms with Crippen molar-refractivity contribution in [1.82, 2.24) is 14.6 Å². The van der Waals surface area contributed by atoms with Crippen LogP contribution in [0.5, 0.6) is 0 Å². The minimum absolute atomic E-state index is 0.112. The van der Waals surface area contributed by atoms with E-state index in [-0.39, 0.29) is 22.7 Å². The van der Waals surface area contributed by atoms with Crippen LogP contribution in [0.15, 0.2) is 23.4 Å². The molecular weight excluding hydrogens is 264 g/mol. The van der Waals surface area contributed by atoms with Crippen LogP contribution in [-0.4, -0.2) is 45.0 Å². The maximum Gasteiger partial charge on any atom is 0.260 e. The quantitative estimate of drug-likeness (QED) is 0.796. The highest BCUT2D eigenvalue weighted by Crippen LogP contribution is 2.15. The van der Waals surface area contributed by atoms with Crippen molar-refractivity contribution in [2.45, 2.75) is 24.9 Å². The van der Waals surface area contributed by atoms with Gasteiger partial charge in [0.1, 0.15) is 0 Å². The van der Waals surface area contributed by atoms with E-state index in [0.29, 0.717) is 6.54 Å². The average molecular weight is 286 g/mol. The molecule has 3 N–H and O–H groups in total. The highest BCUT2D eigenvalue weighted by atomic mass is 32.2. The molecule has 7 heteroatoms. The number of nitrogen functional groups attached to an aromatic ring is 1. The highest BCUT2D eigenvalue weighted by molar-refractivity contribution is 7.89. The van der Waals surface area contributed by atoms with E-state index in [1.807, 2.05) is 32.8 Å². The van der Waals surface area contributed by atoms with Gasteiger partial charge in [-0.2, -0.15) is 0 Å². The first-order valence-corrected chi connectivity index (χ1v) is 7.60. The topological polar surface area (TPSA) is 88.3 Å². The number of nitrogens with zero attached hydrogens (tertiary/aromatic N) is 2. The van der Waals surface area contributed by atoms with E-state index >= 15 is 0 Å². The number of nitrogens with one attached hydrogen (secondary N) is 1. The summed E-state index contributed by atoms with van der Waals surface area (Å²) in [6.07, 6.45) is 1.42. The van der Waals surface area contributed by atoms with Crippen molar-refractivity contribution in [3.8, 4) is 0 Å². The summed E-state index contributed by atoms with van der Waals surface area (Å²) < 4.78 is 27.2. The fourth-order valence-corrected chi connectivity index (χ4v) is 3.10. The number of sulfonamides is 1. The third-order valence-corrected chi connectivity index (χ3v) is 4.19. The zero-order valence-corrected chi connectivity index (χ0v) is 12.6. The van der Waals surface area contributed by atoms with Crippen LogP contribution >= 0.6 is 0 Å². The molecule has 0 aliphatic rings. The smallest absolute Gasteiger partial charge is 0.260 e. The molecule has 1 aromatic heterocycles. The van der Waals surface area contributed by atoms with Crippen LogP contribution in [0.3, 0.4) is 0 Å². The van der Waals surface area contributed by atoms with Crippen LogP contribution in [0, 0.1) is 5.92 Å². The second kappa shape index (κ2) is 6.31. The zero-order valence-electron chi connectivity index (χ0n) is 11.8. The van der Waals surface area contributed by atoms with Gasteiger partial charge >= 0.3 is 0 Å². The number of anilines is 1. The van der Waals surface area contributed by atoms with Crippen LogP contribution in [0.4, 0.5) is 5.69 Å². The summed E-state index contributed by atoms with van der Waals surface area (Å²) >= 11 is 0. The summed E-state index contributed by atoms with van der Waals surface area (Å²) in [5.41, 5.74) is 5.82. The molecule has 0 saturated heterocycles. The Balaban J connectivity index is 2.98. The molecule has 1 aromatic rings. The Hall–Kier alpha value is -1.18. The van der Waals surface area contributed by atoms with Crippen LogP contribution in [-0.2, 0) is 10.0 Å². The first-order chi connectivity index (χ1) is 8.74. The van der Waals surface area contributed by atoms with Crippen molar-refractivity contribution >= 4 is 15.7 Å². The molecule has 0 amide bonds. The van der Waals surface area contributed by atoms with E-state index < -0.39 is 10.0 Å². The molecule has 0 fully saturated rings. The van der Waals surface area contributed by atoms with Gasteiger partial charge in [0.2, 0.25) is 0 Å². The lowest BCUT2D eigenvalue weighted by Gasteiger charge is -2.25. The second-order valence-electron chi connectivity index (χ2n) is 5.13. The molecule has 0 radical (unpaired) electrons. The van der Waals surface area contributed by atoms with Crippen LogP contribution in [0.1, 0.15) is 13.8 Å². The number of hydrogen-bond acceptors (Lipinski definition) is 5. The van der Waals surface area contributed by atoms with Crippen molar-refractivity contribution in [2.24, 2.45) is 5.92 Å². The van der Waals surface area contributed by atoms with Crippen molar-refractivity contribution in [3.63, 3.8) is 0 Å². The summed E-state index contributed by atoms with van der Waals surface area (Å²) in [5, 5.41) is -0.112. The molecule has 0 bridgehead atoms. The molecule has 1 heterocycles. The average Bonchev–Trinajstić information content (AvgIpc) is 2.27. The molecule has 108 valence electrons. The van der Waals surface area contributed by atoms with Crippen LogP contribution in [0.2, 0.25) is 0 Å². The summed E-state index contributed by atoms with van der Waals surface area (Å²) in [6, 6.07) is 2.94. The zero-order chi connectivity index (χ0) is 14.6. The predicted octanol–water partition coefficient (Wildman–Crippen LogP) is 0.528. The van der Waals surface area contributed by atoms with Gasteiger partial charge in [0.25, 0.3) is 10.0 Å². The SMILES string of the molecule is CC(C)C(CN(C)C)NS(=O)(=O)c1ncccc1N. The lowest BCUT2D eigenvalue weighted by atomic mass is 10.1. The van der Waals surface area contributed by atoms with Gasteiger partial charge in [-0.1, -0.05) is 13.8 Å². The fourth-order valence-electron chi connectivity index (χ4n) is 1.66. The Bertz CT molecular complexity index is 514. The van der Waals surface area contributed by atoms with Gasteiger partial charge in [0.05, 0.1) is 5.69 Å². The number of nitrogens with two attached hydrogens (primary N) is 1. The lowest BCUT2D eigenvalue weighted by molar-refractivity contribution is 0.314. The van der Waals surface area contributed by atoms with E-state index in [4.69, 9.17) is 5.73 Å². The number of likely N-dealkylation sites (N-methyl/N-ethyl adjacent to an activating group) is 1. The molecule has 0 spiro atoms. The Morgan fingerprint density at radius 2 is 2.05 bits per heavy atom. The van der Waals surface area contributed by atoms with Gasteiger partial charge in [0.15, 0.2) is 5.03 Å². The molecule has 19 heavy (non-hydrogen) atoms. The predicted molar refractivity (Wildman–Crippen MR) is 76.2 cm³/mol. The van der Waals surface area contributed by atoms with E-state index in [0.717, 1.165) is 0 Å². The third kappa shape index (κ3) is 4.45. The molecule has 0 aromatic carbocycles. The lowest BCUT2D eigenvalue weighted by Crippen LogP contribution is -2.45. The van der Waals surface area contributed by atoms with E-state index in [9.17, 15) is 8.42 Å². The molecular formula is C12H22N4O2S. The molecule has 0 aliphatic heterocycles. The number of rotatable bonds is 6. The van der Waals surface area contributed by atoms with Crippen molar-refractivity contribution in [1.29, 1.82) is 0 Å². The maximum absolute atomic E-state index is 12.3. The van der Waals surface area contributed by atoms with Gasteiger partial charge < -0.3 is 10.6 Å². The minimum Gasteiger partial charge on any atom is -0.396 e. The monoisotopic (exact) mass is 286 g/mol. The molecule has 1 atom stereocenters. The van der Waals surface area contributed by atoms with E-state index in [1.54, 1.807) is 6.07 Å². The Kier molecular flexibility index (Phi) is 5.28. The van der Waals surface area contributed by atoms with Crippen molar-refractivity contribution in [3.05, 3.63) is 18.3 Å². The standard InChI is InChI=1S/C12H22N4O2S/c1-9(2)11(8-16(3)4)15-19(17,18)12-10(13)6-5-7-14-12/h5-7,9,11,15H,8,13H2,1-4H3. The summed E-state index contributed by atoms with van der Waals surface area (Å²) in [5.74, 6) is 0.169. The van der Waals surface area contributed by atoms with E-state index in [1.165, 1.54) is 12.3 Å². The summed E-state index contributed by atoms with van der Waals surface area (Å²) in [7, 11) is 0.110. The van der Waals surface area contributed by atoms with Gasteiger partial charge in [-0.05, 0) is 32.1 Å². The summed E-state index contributed by atoms with van der Waals surface area (Å²) in [6.45, 7) is 4.56. The number of pyridine rings is 1. The normalized spacial score (nSPS) is 14.0. The van der Waals surface area contributed by atoms with Crippen molar-refractivity contribution in [2.75, 3.05) is 26.4 Å². The minimum atomic E-state index is -3.69. The third-order valence-electron chi connectivity index (χ3n) is 2.73. The summed E-state index contributed by atoms with van der Waals surface area (Å²) in [4.78, 5) is 5.79. The van der Waals surface area contributed by atoms with Crippen molar-refractivity contribution < 1.29 is 8.42 Å². The van der Waals surface area contributed by atoms with Crippen LogP contribution in [0.25, 0.3) is 0 Å². The maximum atomic E-state index is 12.3. The van der Waals surface area contributed by atoms with Gasteiger partial charge in [-0.25, -0.2) is 18.1 Å². The van der Waals surface area contributed by atoms with E-state index in [2.05, 4.69) is 9.71 Å². The fraction of sp³-hybridized carbons (Fsp3) is 0.583. The number of hydrogen-bond donors (Lipinski definition) is 2. The first kappa shape index (κ1) is 15.9. The largest absolute Gasteiger partial charge is 0.396 e. The molecule has 6 nitrogen and oxygen atoms in total. The first-order valence-electron chi connectivity index (χ1n) is 6.11. The molecule has 1 unspecified atom stereocenters. The Labute approximate surface area is 115 Å². The highest BCUT2D eigenvalue weighted by Gasteiger charge is 2.25. The van der Waals surface area contributed by atoms with Crippen LogP contribution < -0.4 is 10.5 Å². The van der Waals surface area contributed by atoms with Gasteiger partial charge in [-0.3, -0.25) is 0 Å². The molecule has 0 saturated carbocycles. The Morgan fingerprint density at radius 1 is 1.42 bits per heavy atom. The number of aromatic nitrogens is 1. The van der Waals surface area contributed by atoms with Gasteiger partial charge in [0, 0.05) is 18.8 Å². The molecule has 0 aliphatic carbocycles. The Morgan fingerprint density at radius 3 is 2.53 bits per heavy atom. The molecule has 1 rings (SSSR count).